The number of halogens is 1. The molecule has 1 aromatic heterocycles. The van der Waals surface area contributed by atoms with Gasteiger partial charge in [0.05, 0.1) is 6.54 Å². The van der Waals surface area contributed by atoms with Gasteiger partial charge in [0.15, 0.2) is 0 Å². The van der Waals surface area contributed by atoms with Crippen molar-refractivity contribution >= 4 is 29.0 Å². The van der Waals surface area contributed by atoms with Crippen LogP contribution in [0.4, 0.5) is 11.5 Å². The fourth-order valence-electron chi connectivity index (χ4n) is 1.51. The highest BCUT2D eigenvalue weighted by atomic mass is 35.5. The second-order valence-electron chi connectivity index (χ2n) is 4.29. The molecule has 0 spiro atoms. The van der Waals surface area contributed by atoms with Gasteiger partial charge in [-0.1, -0.05) is 18.5 Å². The molecule has 0 saturated carbocycles. The van der Waals surface area contributed by atoms with Crippen molar-refractivity contribution in [3.05, 3.63) is 17.3 Å². The summed E-state index contributed by atoms with van der Waals surface area (Å²) in [7, 11) is 3.46. The van der Waals surface area contributed by atoms with Gasteiger partial charge >= 0.3 is 0 Å². The average molecular weight is 271 g/mol. The average Bonchev–Trinajstić information content (AvgIpc) is 2.26. The monoisotopic (exact) mass is 270 g/mol. The van der Waals surface area contributed by atoms with Crippen molar-refractivity contribution in [2.45, 2.75) is 13.3 Å². The number of nitrogens with zero attached hydrogens (tertiary/aromatic N) is 3. The Morgan fingerprint density at radius 1 is 1.44 bits per heavy atom. The zero-order valence-electron chi connectivity index (χ0n) is 11.0. The Hall–Kier alpha value is -1.49. The molecule has 2 N–H and O–H groups in total. The normalized spacial score (nSPS) is 10.2. The van der Waals surface area contributed by atoms with Crippen molar-refractivity contribution in [2.75, 3.05) is 37.8 Å². The smallest absolute Gasteiger partial charge is 0.241 e. The third kappa shape index (κ3) is 4.07. The molecule has 6 heteroatoms. The number of nitrogen functional groups attached to an aromatic ring is 1. The van der Waals surface area contributed by atoms with Crippen LogP contribution in [0.15, 0.2) is 12.1 Å². The molecular formula is C12H19ClN4O. The standard InChI is InChI=1S/C12H19ClN4O/c1-4-5-17(8-12(18)16(2)3)11-7-9(14)6-10(13)15-11/h6-7H,4-5,8H2,1-3H3,(H2,14,15). The highest BCUT2D eigenvalue weighted by Gasteiger charge is 2.14. The molecule has 18 heavy (non-hydrogen) atoms. The molecule has 0 atom stereocenters. The number of amides is 1. The van der Waals surface area contributed by atoms with E-state index >= 15 is 0 Å². The first-order valence-corrected chi connectivity index (χ1v) is 6.20. The Balaban J connectivity index is 2.93. The van der Waals surface area contributed by atoms with Crippen molar-refractivity contribution in [3.8, 4) is 0 Å². The molecule has 1 aromatic rings. The van der Waals surface area contributed by atoms with Crippen LogP contribution in [0.1, 0.15) is 13.3 Å². The van der Waals surface area contributed by atoms with Gasteiger partial charge in [0, 0.05) is 32.4 Å². The van der Waals surface area contributed by atoms with E-state index < -0.39 is 0 Å². The minimum absolute atomic E-state index is 0.0174. The number of rotatable bonds is 5. The molecule has 0 bridgehead atoms. The summed E-state index contributed by atoms with van der Waals surface area (Å²) in [6.45, 7) is 3.04. The zero-order chi connectivity index (χ0) is 13.7. The summed E-state index contributed by atoms with van der Waals surface area (Å²) in [5, 5.41) is 0.336. The van der Waals surface area contributed by atoms with Crippen LogP contribution in [0.25, 0.3) is 0 Å². The van der Waals surface area contributed by atoms with Crippen LogP contribution in [-0.2, 0) is 4.79 Å². The minimum Gasteiger partial charge on any atom is -0.399 e. The van der Waals surface area contributed by atoms with Gasteiger partial charge < -0.3 is 15.5 Å². The highest BCUT2D eigenvalue weighted by Crippen LogP contribution is 2.19. The molecule has 1 heterocycles. The topological polar surface area (TPSA) is 62.5 Å². The van der Waals surface area contributed by atoms with Crippen LogP contribution >= 0.6 is 11.6 Å². The number of aromatic nitrogens is 1. The molecule has 0 unspecified atom stereocenters. The first-order valence-electron chi connectivity index (χ1n) is 5.82. The lowest BCUT2D eigenvalue weighted by Crippen LogP contribution is -2.37. The van der Waals surface area contributed by atoms with Gasteiger partial charge in [-0.15, -0.1) is 0 Å². The number of anilines is 2. The molecule has 1 amide bonds. The number of hydrogen-bond donors (Lipinski definition) is 1. The van der Waals surface area contributed by atoms with E-state index in [1.807, 2.05) is 11.8 Å². The largest absolute Gasteiger partial charge is 0.399 e. The summed E-state index contributed by atoms with van der Waals surface area (Å²) in [5.74, 6) is 0.654. The Morgan fingerprint density at radius 2 is 2.11 bits per heavy atom. The van der Waals surface area contributed by atoms with Crippen molar-refractivity contribution in [1.82, 2.24) is 9.88 Å². The van der Waals surface area contributed by atoms with Crippen LogP contribution in [0.2, 0.25) is 5.15 Å². The number of carbonyl (C=O) groups excluding carboxylic acids is 1. The summed E-state index contributed by atoms with van der Waals surface area (Å²) in [5.41, 5.74) is 6.28. The molecule has 0 aromatic carbocycles. The van der Waals surface area contributed by atoms with Crippen LogP contribution in [0.5, 0.6) is 0 Å². The van der Waals surface area contributed by atoms with Gasteiger partial charge in [-0.2, -0.15) is 0 Å². The van der Waals surface area contributed by atoms with Gasteiger partial charge in [-0.05, 0) is 12.5 Å². The second kappa shape index (κ2) is 6.44. The first kappa shape index (κ1) is 14.6. The fraction of sp³-hybridized carbons (Fsp3) is 0.500. The number of carbonyl (C=O) groups is 1. The Kier molecular flexibility index (Phi) is 5.22. The third-order valence-corrected chi connectivity index (χ3v) is 2.64. The van der Waals surface area contributed by atoms with Crippen LogP contribution in [-0.4, -0.2) is 43.0 Å². The van der Waals surface area contributed by atoms with Gasteiger partial charge in [-0.25, -0.2) is 4.98 Å². The molecular weight excluding hydrogens is 252 g/mol. The van der Waals surface area contributed by atoms with Crippen molar-refractivity contribution in [2.24, 2.45) is 0 Å². The predicted octanol–water partition coefficient (Wildman–Crippen LogP) is 1.62. The van der Waals surface area contributed by atoms with Gasteiger partial charge in [0.2, 0.25) is 5.91 Å². The summed E-state index contributed by atoms with van der Waals surface area (Å²) in [4.78, 5) is 19.4. The highest BCUT2D eigenvalue weighted by molar-refractivity contribution is 6.29. The van der Waals surface area contributed by atoms with E-state index in [1.54, 1.807) is 31.1 Å². The summed E-state index contributed by atoms with van der Waals surface area (Å²) in [6, 6.07) is 3.31. The Morgan fingerprint density at radius 3 is 2.61 bits per heavy atom. The number of nitrogens with two attached hydrogens (primary N) is 1. The Labute approximate surface area is 113 Å². The maximum Gasteiger partial charge on any atom is 0.241 e. The van der Waals surface area contributed by atoms with E-state index in [4.69, 9.17) is 17.3 Å². The molecule has 0 fully saturated rings. The minimum atomic E-state index is 0.0174. The lowest BCUT2D eigenvalue weighted by atomic mass is 10.3. The van der Waals surface area contributed by atoms with Crippen molar-refractivity contribution < 1.29 is 4.79 Å². The molecule has 0 saturated heterocycles. The van der Waals surface area contributed by atoms with E-state index in [-0.39, 0.29) is 12.5 Å². The lowest BCUT2D eigenvalue weighted by molar-refractivity contribution is -0.127. The SMILES string of the molecule is CCCN(CC(=O)N(C)C)c1cc(N)cc(Cl)n1. The molecule has 0 aliphatic rings. The number of hydrogen-bond acceptors (Lipinski definition) is 4. The van der Waals surface area contributed by atoms with E-state index in [9.17, 15) is 4.79 Å². The molecule has 5 nitrogen and oxygen atoms in total. The molecule has 0 aliphatic heterocycles. The quantitative estimate of drug-likeness (QED) is 0.826. The van der Waals surface area contributed by atoms with Crippen LogP contribution in [0, 0.1) is 0 Å². The molecule has 100 valence electrons. The van der Waals surface area contributed by atoms with Gasteiger partial charge in [0.25, 0.3) is 0 Å². The summed E-state index contributed by atoms with van der Waals surface area (Å²) in [6.07, 6.45) is 0.912. The van der Waals surface area contributed by atoms with Crippen molar-refractivity contribution in [1.29, 1.82) is 0 Å². The van der Waals surface area contributed by atoms with E-state index in [2.05, 4.69) is 4.98 Å². The lowest BCUT2D eigenvalue weighted by Gasteiger charge is -2.24. The summed E-state index contributed by atoms with van der Waals surface area (Å²) < 4.78 is 0. The maximum atomic E-state index is 11.8. The Bertz CT molecular complexity index is 402. The first-order chi connectivity index (χ1) is 8.43. The molecule has 0 aliphatic carbocycles. The number of likely N-dealkylation sites (N-methyl/N-ethyl adjacent to an activating group) is 1. The third-order valence-electron chi connectivity index (χ3n) is 2.45. The van der Waals surface area contributed by atoms with Crippen LogP contribution in [0.3, 0.4) is 0 Å². The summed E-state index contributed by atoms with van der Waals surface area (Å²) >= 11 is 5.88. The zero-order valence-corrected chi connectivity index (χ0v) is 11.7. The fourth-order valence-corrected chi connectivity index (χ4v) is 1.73. The molecule has 0 radical (unpaired) electrons. The maximum absolute atomic E-state index is 11.8. The van der Waals surface area contributed by atoms with Crippen LogP contribution < -0.4 is 10.6 Å². The molecule has 1 rings (SSSR count). The number of pyridine rings is 1. The van der Waals surface area contributed by atoms with Crippen molar-refractivity contribution in [3.63, 3.8) is 0 Å². The second-order valence-corrected chi connectivity index (χ2v) is 4.68. The van der Waals surface area contributed by atoms with E-state index in [0.29, 0.717) is 16.7 Å². The van der Waals surface area contributed by atoms with Gasteiger partial charge in [-0.3, -0.25) is 4.79 Å². The predicted molar refractivity (Wildman–Crippen MR) is 74.9 cm³/mol. The van der Waals surface area contributed by atoms with E-state index in [1.165, 1.54) is 0 Å². The van der Waals surface area contributed by atoms with E-state index in [0.717, 1.165) is 13.0 Å². The van der Waals surface area contributed by atoms with Gasteiger partial charge in [0.1, 0.15) is 11.0 Å².